The van der Waals surface area contributed by atoms with Crippen LogP contribution in [-0.4, -0.2) is 18.2 Å². The van der Waals surface area contributed by atoms with Gasteiger partial charge in [0.2, 0.25) is 0 Å². The van der Waals surface area contributed by atoms with Crippen molar-refractivity contribution in [3.8, 4) is 5.75 Å². The largest absolute Gasteiger partial charge is 0.490 e. The number of aryl methyl sites for hydroxylation is 1. The normalized spacial score (nSPS) is 13.4. The molecule has 0 radical (unpaired) electrons. The molecule has 0 aliphatic carbocycles. The Balaban J connectivity index is 2.35. The van der Waals surface area contributed by atoms with Crippen molar-refractivity contribution in [2.45, 2.75) is 59.1 Å². The summed E-state index contributed by atoms with van der Waals surface area (Å²) in [4.78, 5) is 0. The van der Waals surface area contributed by atoms with Gasteiger partial charge in [0.25, 0.3) is 0 Å². The van der Waals surface area contributed by atoms with Gasteiger partial charge in [-0.05, 0) is 71.7 Å². The molecule has 0 fully saturated rings. The van der Waals surface area contributed by atoms with Crippen molar-refractivity contribution in [2.75, 3.05) is 6.54 Å². The smallest absolute Gasteiger partial charge is 0.123 e. The van der Waals surface area contributed by atoms with Gasteiger partial charge in [0, 0.05) is 10.0 Å². The first-order valence-electron chi connectivity index (χ1n) is 6.96. The third-order valence-electron chi connectivity index (χ3n) is 2.92. The van der Waals surface area contributed by atoms with Gasteiger partial charge in [-0.3, -0.25) is 0 Å². The summed E-state index contributed by atoms with van der Waals surface area (Å²) in [5, 5.41) is 3.50. The second-order valence-corrected chi connectivity index (χ2v) is 7.07. The SMILES string of the molecule is Cc1ccc(Br)cc1OC(C)CCCNC(C)(C)C. The fraction of sp³-hybridized carbons (Fsp3) is 0.625. The summed E-state index contributed by atoms with van der Waals surface area (Å²) >= 11 is 3.48. The molecule has 0 heterocycles. The zero-order valence-electron chi connectivity index (χ0n) is 12.7. The van der Waals surface area contributed by atoms with Gasteiger partial charge in [-0.2, -0.15) is 0 Å². The minimum Gasteiger partial charge on any atom is -0.490 e. The van der Waals surface area contributed by atoms with Crippen LogP contribution in [0.25, 0.3) is 0 Å². The lowest BCUT2D eigenvalue weighted by Crippen LogP contribution is -2.36. The summed E-state index contributed by atoms with van der Waals surface area (Å²) in [6.45, 7) is 11.8. The fourth-order valence-electron chi connectivity index (χ4n) is 1.83. The van der Waals surface area contributed by atoms with E-state index >= 15 is 0 Å². The summed E-state index contributed by atoms with van der Waals surface area (Å²) < 4.78 is 7.06. The van der Waals surface area contributed by atoms with Crippen molar-refractivity contribution in [2.24, 2.45) is 0 Å². The molecule has 0 saturated carbocycles. The lowest BCUT2D eigenvalue weighted by atomic mass is 10.1. The van der Waals surface area contributed by atoms with Crippen LogP contribution in [0.15, 0.2) is 22.7 Å². The van der Waals surface area contributed by atoms with Gasteiger partial charge in [0.1, 0.15) is 5.75 Å². The summed E-state index contributed by atoms with van der Waals surface area (Å²) in [5.74, 6) is 0.977. The third-order valence-corrected chi connectivity index (χ3v) is 3.41. The number of hydrogen-bond acceptors (Lipinski definition) is 2. The highest BCUT2D eigenvalue weighted by atomic mass is 79.9. The number of nitrogens with one attached hydrogen (secondary N) is 1. The second kappa shape index (κ2) is 7.30. The maximum Gasteiger partial charge on any atom is 0.123 e. The van der Waals surface area contributed by atoms with Crippen LogP contribution in [-0.2, 0) is 0 Å². The lowest BCUT2D eigenvalue weighted by Gasteiger charge is -2.21. The van der Waals surface area contributed by atoms with Crippen LogP contribution >= 0.6 is 15.9 Å². The Kier molecular flexibility index (Phi) is 6.34. The highest BCUT2D eigenvalue weighted by Crippen LogP contribution is 2.24. The molecule has 108 valence electrons. The van der Waals surface area contributed by atoms with Crippen molar-refractivity contribution in [3.05, 3.63) is 28.2 Å². The molecule has 0 saturated heterocycles. The molecule has 19 heavy (non-hydrogen) atoms. The third kappa shape index (κ3) is 6.98. The van der Waals surface area contributed by atoms with Crippen LogP contribution in [0.4, 0.5) is 0 Å². The molecule has 1 unspecified atom stereocenters. The average molecular weight is 328 g/mol. The van der Waals surface area contributed by atoms with E-state index in [4.69, 9.17) is 4.74 Å². The molecule has 0 aliphatic rings. The van der Waals surface area contributed by atoms with Crippen LogP contribution in [0.2, 0.25) is 0 Å². The van der Waals surface area contributed by atoms with Crippen LogP contribution in [0.3, 0.4) is 0 Å². The van der Waals surface area contributed by atoms with Gasteiger partial charge in [-0.25, -0.2) is 0 Å². The van der Waals surface area contributed by atoms with E-state index in [1.165, 1.54) is 5.56 Å². The van der Waals surface area contributed by atoms with Crippen LogP contribution in [0.1, 0.15) is 46.1 Å². The number of ether oxygens (including phenoxy) is 1. The zero-order valence-corrected chi connectivity index (χ0v) is 14.3. The first-order chi connectivity index (χ1) is 8.78. The minimum absolute atomic E-state index is 0.199. The van der Waals surface area contributed by atoms with Gasteiger partial charge < -0.3 is 10.1 Å². The van der Waals surface area contributed by atoms with Crippen LogP contribution in [0.5, 0.6) is 5.75 Å². The Morgan fingerprint density at radius 1 is 1.32 bits per heavy atom. The van der Waals surface area contributed by atoms with Crippen molar-refractivity contribution in [3.63, 3.8) is 0 Å². The summed E-state index contributed by atoms with van der Waals surface area (Å²) in [7, 11) is 0. The number of benzene rings is 1. The van der Waals surface area contributed by atoms with Gasteiger partial charge >= 0.3 is 0 Å². The quantitative estimate of drug-likeness (QED) is 0.765. The van der Waals surface area contributed by atoms with Crippen molar-refractivity contribution in [1.82, 2.24) is 5.32 Å². The van der Waals surface area contributed by atoms with Gasteiger partial charge in [-0.15, -0.1) is 0 Å². The molecular formula is C16H26BrNO. The highest BCUT2D eigenvalue weighted by molar-refractivity contribution is 9.10. The van der Waals surface area contributed by atoms with Gasteiger partial charge in [-0.1, -0.05) is 22.0 Å². The molecule has 0 amide bonds. The van der Waals surface area contributed by atoms with Crippen molar-refractivity contribution < 1.29 is 4.74 Å². The summed E-state index contributed by atoms with van der Waals surface area (Å²) in [6, 6.07) is 6.16. The van der Waals surface area contributed by atoms with Crippen molar-refractivity contribution >= 4 is 15.9 Å². The van der Waals surface area contributed by atoms with E-state index in [9.17, 15) is 0 Å². The minimum atomic E-state index is 0.199. The molecule has 1 atom stereocenters. The van der Waals surface area contributed by atoms with Crippen molar-refractivity contribution in [1.29, 1.82) is 0 Å². The Labute approximate surface area is 126 Å². The van der Waals surface area contributed by atoms with E-state index in [1.54, 1.807) is 0 Å². The molecule has 3 heteroatoms. The number of rotatable bonds is 6. The van der Waals surface area contributed by atoms with E-state index in [-0.39, 0.29) is 11.6 Å². The first-order valence-corrected chi connectivity index (χ1v) is 7.75. The van der Waals surface area contributed by atoms with Gasteiger partial charge in [0.15, 0.2) is 0 Å². The van der Waals surface area contributed by atoms with E-state index in [1.807, 2.05) is 12.1 Å². The summed E-state index contributed by atoms with van der Waals surface area (Å²) in [5.41, 5.74) is 1.38. The van der Waals surface area contributed by atoms with E-state index in [0.29, 0.717) is 0 Å². The maximum atomic E-state index is 6.00. The lowest BCUT2D eigenvalue weighted by molar-refractivity contribution is 0.204. The molecule has 1 aromatic rings. The Morgan fingerprint density at radius 2 is 2.00 bits per heavy atom. The Hall–Kier alpha value is -0.540. The second-order valence-electron chi connectivity index (χ2n) is 6.16. The van der Waals surface area contributed by atoms with Crippen LogP contribution < -0.4 is 10.1 Å². The van der Waals surface area contributed by atoms with Crippen LogP contribution in [0, 0.1) is 6.92 Å². The topological polar surface area (TPSA) is 21.3 Å². The van der Waals surface area contributed by atoms with E-state index < -0.39 is 0 Å². The molecule has 1 N–H and O–H groups in total. The molecule has 0 aliphatic heterocycles. The standard InChI is InChI=1S/C16H26BrNO/c1-12-8-9-14(17)11-15(12)19-13(2)7-6-10-18-16(3,4)5/h8-9,11,13,18H,6-7,10H2,1-5H3. The number of halogens is 1. The first kappa shape index (κ1) is 16.5. The molecule has 0 aromatic heterocycles. The molecule has 1 rings (SSSR count). The Bertz CT molecular complexity index is 398. The molecular weight excluding hydrogens is 302 g/mol. The predicted molar refractivity (Wildman–Crippen MR) is 86.0 cm³/mol. The predicted octanol–water partition coefficient (Wildman–Crippen LogP) is 4.69. The highest BCUT2D eigenvalue weighted by Gasteiger charge is 2.10. The molecule has 0 spiro atoms. The van der Waals surface area contributed by atoms with Gasteiger partial charge in [0.05, 0.1) is 6.10 Å². The fourth-order valence-corrected chi connectivity index (χ4v) is 2.17. The maximum absolute atomic E-state index is 6.00. The monoisotopic (exact) mass is 327 g/mol. The molecule has 1 aromatic carbocycles. The number of hydrogen-bond donors (Lipinski definition) is 1. The molecule has 2 nitrogen and oxygen atoms in total. The summed E-state index contributed by atoms with van der Waals surface area (Å²) in [6.07, 6.45) is 2.44. The Morgan fingerprint density at radius 3 is 2.63 bits per heavy atom. The zero-order chi connectivity index (χ0) is 14.5. The average Bonchev–Trinajstić information content (AvgIpc) is 2.28. The van der Waals surface area contributed by atoms with E-state index in [0.717, 1.165) is 29.6 Å². The van der Waals surface area contributed by atoms with E-state index in [2.05, 4.69) is 61.9 Å². The molecule has 0 bridgehead atoms.